The number of fused-ring (bicyclic) bond motifs is 1. The summed E-state index contributed by atoms with van der Waals surface area (Å²) in [6.07, 6.45) is -3.10. The van der Waals surface area contributed by atoms with Crippen LogP contribution < -0.4 is 24.3 Å². The van der Waals surface area contributed by atoms with Gasteiger partial charge in [-0.1, -0.05) is 0 Å². The van der Waals surface area contributed by atoms with E-state index in [1.54, 1.807) is 6.07 Å². The van der Waals surface area contributed by atoms with Crippen molar-refractivity contribution < 1.29 is 52.8 Å². The molecule has 0 amide bonds. The second kappa shape index (κ2) is 11.0. The first-order valence-electron chi connectivity index (χ1n) is 10.7. The van der Waals surface area contributed by atoms with Gasteiger partial charge in [-0.25, -0.2) is 19.5 Å². The molecule has 0 aliphatic carbocycles. The highest BCUT2D eigenvalue weighted by atomic mass is 31.2. The van der Waals surface area contributed by atoms with E-state index in [1.807, 2.05) is 0 Å². The van der Waals surface area contributed by atoms with Crippen LogP contribution in [-0.2, 0) is 20.4 Å². The van der Waals surface area contributed by atoms with Crippen LogP contribution in [0.5, 0.6) is 23.0 Å². The van der Waals surface area contributed by atoms with Crippen molar-refractivity contribution >= 4 is 24.8 Å². The average Bonchev–Trinajstić information content (AvgIpc) is 3.46. The first-order chi connectivity index (χ1) is 17.7. The number of H-pyrrole nitrogens is 1. The van der Waals surface area contributed by atoms with E-state index < -0.39 is 39.0 Å². The normalized spacial score (nSPS) is 21.7. The SMILES string of the molecule is COc1cc(OC)c(OC)c(OC2O[C@H](COP(=O)(O)O)[C@@H](O)[C@H]2O)c1CNc1ncnc2nc[nH]c12. The number of benzene rings is 1. The van der Waals surface area contributed by atoms with Crippen LogP contribution in [0.2, 0.25) is 0 Å². The van der Waals surface area contributed by atoms with E-state index in [0.29, 0.717) is 28.3 Å². The predicted molar refractivity (Wildman–Crippen MR) is 124 cm³/mol. The highest BCUT2D eigenvalue weighted by Crippen LogP contribution is 2.47. The molecule has 1 aliphatic heterocycles. The van der Waals surface area contributed by atoms with Crippen LogP contribution >= 0.6 is 7.82 Å². The van der Waals surface area contributed by atoms with E-state index >= 15 is 0 Å². The number of phosphoric ester groups is 1. The van der Waals surface area contributed by atoms with Crippen LogP contribution in [0.25, 0.3) is 11.2 Å². The van der Waals surface area contributed by atoms with Crippen molar-refractivity contribution in [3.8, 4) is 23.0 Å². The van der Waals surface area contributed by atoms with Crippen LogP contribution in [0.3, 0.4) is 0 Å². The summed E-state index contributed by atoms with van der Waals surface area (Å²) in [4.78, 5) is 33.2. The number of aromatic nitrogens is 4. The predicted octanol–water partition coefficient (Wildman–Crippen LogP) is -0.0744. The van der Waals surface area contributed by atoms with Gasteiger partial charge in [0.25, 0.3) is 0 Å². The van der Waals surface area contributed by atoms with Gasteiger partial charge in [-0.3, -0.25) is 4.52 Å². The maximum Gasteiger partial charge on any atom is 0.469 e. The first kappa shape index (κ1) is 26.8. The summed E-state index contributed by atoms with van der Waals surface area (Å²) >= 11 is 0. The molecule has 1 aromatic carbocycles. The van der Waals surface area contributed by atoms with Gasteiger partial charge in [0.05, 0.1) is 39.8 Å². The van der Waals surface area contributed by atoms with Crippen molar-refractivity contribution in [2.24, 2.45) is 0 Å². The molecule has 6 N–H and O–H groups in total. The molecule has 1 unspecified atom stereocenters. The van der Waals surface area contributed by atoms with Gasteiger partial charge < -0.3 is 54.0 Å². The maximum atomic E-state index is 11.0. The fraction of sp³-hybridized carbons (Fsp3) is 0.450. The number of anilines is 1. The molecular formula is C20H26N5O11P. The van der Waals surface area contributed by atoms with Crippen LogP contribution in [-0.4, -0.2) is 92.5 Å². The van der Waals surface area contributed by atoms with Gasteiger partial charge in [0, 0.05) is 12.6 Å². The lowest BCUT2D eigenvalue weighted by atomic mass is 10.1. The second-order valence-electron chi connectivity index (χ2n) is 7.73. The number of rotatable bonds is 11. The molecule has 1 aliphatic rings. The quantitative estimate of drug-likeness (QED) is 0.174. The molecule has 1 fully saturated rings. The molecule has 0 spiro atoms. The standard InChI is InChI=1S/C20H26N5O11P/c1-31-10-4-11(32-2)17(33-3)16(9(10)5-21-18-13-19(23-7-22-13)25-8-24-18)36-20-15(27)14(26)12(35-20)6-34-37(28,29)30/h4,7-8,12,14-15,20,26-27H,5-6H2,1-3H3,(H2,28,29,30)(H2,21,22,23,24,25)/t12-,14-,15-,20?/m1/s1. The number of aliphatic hydroxyl groups excluding tert-OH is 2. The van der Waals surface area contributed by atoms with Crippen molar-refractivity contribution in [3.05, 3.63) is 24.3 Å². The molecule has 0 bridgehead atoms. The summed E-state index contributed by atoms with van der Waals surface area (Å²) in [5.41, 5.74) is 1.43. The smallest absolute Gasteiger partial charge is 0.469 e. The highest BCUT2D eigenvalue weighted by Gasteiger charge is 2.46. The van der Waals surface area contributed by atoms with Crippen LogP contribution in [0.15, 0.2) is 18.7 Å². The minimum absolute atomic E-state index is 0.0499. The fourth-order valence-electron chi connectivity index (χ4n) is 3.76. The Morgan fingerprint density at radius 2 is 1.81 bits per heavy atom. The average molecular weight is 543 g/mol. The Labute approximate surface area is 209 Å². The Kier molecular flexibility index (Phi) is 7.99. The number of methoxy groups -OCH3 is 3. The Balaban J connectivity index is 1.66. The monoisotopic (exact) mass is 543 g/mol. The van der Waals surface area contributed by atoms with Crippen molar-refractivity contribution in [1.29, 1.82) is 0 Å². The topological polar surface area (TPSA) is 220 Å². The summed E-state index contributed by atoms with van der Waals surface area (Å²) in [7, 11) is -0.608. The van der Waals surface area contributed by atoms with E-state index in [4.69, 9.17) is 33.5 Å². The summed E-state index contributed by atoms with van der Waals surface area (Å²) in [6.45, 7) is -0.622. The molecule has 202 valence electrons. The van der Waals surface area contributed by atoms with Gasteiger partial charge in [0.2, 0.25) is 12.0 Å². The molecule has 2 aromatic heterocycles. The largest absolute Gasteiger partial charge is 0.496 e. The number of hydrogen-bond donors (Lipinski definition) is 6. The van der Waals surface area contributed by atoms with Gasteiger partial charge in [0.1, 0.15) is 35.9 Å². The number of aliphatic hydroxyl groups is 2. The molecule has 17 heteroatoms. The molecule has 1 saturated heterocycles. The maximum absolute atomic E-state index is 11.0. The van der Waals surface area contributed by atoms with Crippen LogP contribution in [0, 0.1) is 0 Å². The number of nitrogens with zero attached hydrogens (tertiary/aromatic N) is 3. The molecule has 16 nitrogen and oxygen atoms in total. The van der Waals surface area contributed by atoms with E-state index in [2.05, 4.69) is 29.8 Å². The van der Waals surface area contributed by atoms with E-state index in [-0.39, 0.29) is 23.8 Å². The number of ether oxygens (including phenoxy) is 5. The molecule has 3 aromatic rings. The summed E-state index contributed by atoms with van der Waals surface area (Å²) in [5, 5.41) is 24.0. The zero-order chi connectivity index (χ0) is 26.7. The molecular weight excluding hydrogens is 517 g/mol. The zero-order valence-electron chi connectivity index (χ0n) is 19.9. The van der Waals surface area contributed by atoms with Gasteiger partial charge in [-0.15, -0.1) is 0 Å². The minimum Gasteiger partial charge on any atom is -0.496 e. The van der Waals surface area contributed by atoms with E-state index in [0.717, 1.165) is 0 Å². The van der Waals surface area contributed by atoms with Crippen LogP contribution in [0.4, 0.5) is 5.82 Å². The third-order valence-corrected chi connectivity index (χ3v) is 6.01. The molecule has 37 heavy (non-hydrogen) atoms. The molecule has 0 radical (unpaired) electrons. The van der Waals surface area contributed by atoms with Gasteiger partial charge >= 0.3 is 7.82 Å². The van der Waals surface area contributed by atoms with E-state index in [1.165, 1.54) is 34.0 Å². The highest BCUT2D eigenvalue weighted by molar-refractivity contribution is 7.46. The minimum atomic E-state index is -4.84. The van der Waals surface area contributed by atoms with Crippen molar-refractivity contribution in [1.82, 2.24) is 19.9 Å². The van der Waals surface area contributed by atoms with Gasteiger partial charge in [-0.2, -0.15) is 0 Å². The number of phosphoric acid groups is 1. The van der Waals surface area contributed by atoms with Crippen molar-refractivity contribution in [3.63, 3.8) is 0 Å². The summed E-state index contributed by atoms with van der Waals surface area (Å²) in [5.74, 6) is 1.19. The molecule has 4 atom stereocenters. The lowest BCUT2D eigenvalue weighted by molar-refractivity contribution is -0.117. The molecule has 4 rings (SSSR count). The zero-order valence-corrected chi connectivity index (χ0v) is 20.8. The Morgan fingerprint density at radius 3 is 2.49 bits per heavy atom. The molecule has 3 heterocycles. The third kappa shape index (κ3) is 5.70. The van der Waals surface area contributed by atoms with Crippen molar-refractivity contribution in [2.45, 2.75) is 31.1 Å². The van der Waals surface area contributed by atoms with Crippen molar-refractivity contribution in [2.75, 3.05) is 33.3 Å². The fourth-order valence-corrected chi connectivity index (χ4v) is 4.10. The van der Waals surface area contributed by atoms with Gasteiger partial charge in [0.15, 0.2) is 23.0 Å². The Hall–Kier alpha value is -3.24. The lowest BCUT2D eigenvalue weighted by Crippen LogP contribution is -2.36. The summed E-state index contributed by atoms with van der Waals surface area (Å²) in [6, 6.07) is 1.58. The molecule has 0 saturated carbocycles. The van der Waals surface area contributed by atoms with E-state index in [9.17, 15) is 14.8 Å². The number of hydrogen-bond acceptors (Lipinski definition) is 13. The lowest BCUT2D eigenvalue weighted by Gasteiger charge is -2.24. The number of aromatic amines is 1. The Bertz CT molecular complexity index is 1290. The number of nitrogens with one attached hydrogen (secondary N) is 2. The first-order valence-corrected chi connectivity index (χ1v) is 12.3. The van der Waals surface area contributed by atoms with Gasteiger partial charge in [-0.05, 0) is 0 Å². The third-order valence-electron chi connectivity index (χ3n) is 5.52. The van der Waals surface area contributed by atoms with Crippen LogP contribution in [0.1, 0.15) is 5.56 Å². The Morgan fingerprint density at radius 1 is 1.05 bits per heavy atom. The summed E-state index contributed by atoms with van der Waals surface area (Å²) < 4.78 is 43.4. The second-order valence-corrected chi connectivity index (χ2v) is 8.97. The number of imidazole rings is 1.